The first kappa shape index (κ1) is 19.5. The van der Waals surface area contributed by atoms with Crippen molar-refractivity contribution in [3.8, 4) is 5.75 Å². The molecule has 8 heteroatoms. The molecule has 1 N–H and O–H groups in total. The van der Waals surface area contributed by atoms with Crippen LogP contribution in [0.25, 0.3) is 11.0 Å². The lowest BCUT2D eigenvalue weighted by atomic mass is 9.98. The first-order chi connectivity index (χ1) is 14.0. The summed E-state index contributed by atoms with van der Waals surface area (Å²) in [5, 5.41) is 19.2. The zero-order valence-electron chi connectivity index (χ0n) is 15.5. The molecular weight excluding hydrogens is 412 g/mol. The molecule has 0 radical (unpaired) electrons. The fourth-order valence-electron chi connectivity index (χ4n) is 3.04. The molecule has 2 aromatic heterocycles. The second kappa shape index (κ2) is 8.31. The number of hydrogen-bond acceptors (Lipinski definition) is 7. The minimum absolute atomic E-state index is 0.138. The van der Waals surface area contributed by atoms with Crippen LogP contribution in [-0.2, 0) is 12.2 Å². The normalized spacial score (nSPS) is 12.3. The van der Waals surface area contributed by atoms with E-state index in [1.165, 1.54) is 29.5 Å². The smallest absolute Gasteiger partial charge is 0.336 e. The predicted molar refractivity (Wildman–Crippen MR) is 112 cm³/mol. The Kier molecular flexibility index (Phi) is 5.60. The van der Waals surface area contributed by atoms with Gasteiger partial charge in [0.05, 0.1) is 5.02 Å². The maximum absolute atomic E-state index is 11.8. The van der Waals surface area contributed by atoms with Crippen molar-refractivity contribution < 1.29 is 13.9 Å². The third kappa shape index (κ3) is 4.46. The second-order valence-electron chi connectivity index (χ2n) is 6.66. The molecule has 6 nitrogen and oxygen atoms in total. The summed E-state index contributed by atoms with van der Waals surface area (Å²) in [5.74, 6) is 1.10. The summed E-state index contributed by atoms with van der Waals surface area (Å²) in [6.07, 6.45) is 0.643. The Morgan fingerprint density at radius 3 is 2.72 bits per heavy atom. The fraction of sp³-hybridized carbons (Fsp3) is 0.190. The van der Waals surface area contributed by atoms with E-state index in [1.807, 2.05) is 18.2 Å². The van der Waals surface area contributed by atoms with Gasteiger partial charge >= 0.3 is 5.63 Å². The molecule has 0 spiro atoms. The number of phenolic OH excluding ortho intramolecular Hbond substituents is 1. The van der Waals surface area contributed by atoms with Crippen LogP contribution in [0.5, 0.6) is 5.75 Å². The van der Waals surface area contributed by atoms with Crippen LogP contribution in [0.4, 0.5) is 0 Å². The van der Waals surface area contributed by atoms with Gasteiger partial charge in [-0.2, -0.15) is 0 Å². The number of thioether (sulfide) groups is 1. The van der Waals surface area contributed by atoms with Gasteiger partial charge in [0.15, 0.2) is 0 Å². The van der Waals surface area contributed by atoms with Crippen LogP contribution >= 0.6 is 23.4 Å². The molecule has 0 amide bonds. The summed E-state index contributed by atoms with van der Waals surface area (Å²) in [5.41, 5.74) is 1.69. The summed E-state index contributed by atoms with van der Waals surface area (Å²) < 4.78 is 10.9. The molecule has 2 aromatic carbocycles. The molecule has 0 fully saturated rings. The van der Waals surface area contributed by atoms with E-state index >= 15 is 0 Å². The number of halogens is 1. The van der Waals surface area contributed by atoms with Gasteiger partial charge < -0.3 is 13.9 Å². The first-order valence-corrected chi connectivity index (χ1v) is 10.3. The lowest BCUT2D eigenvalue weighted by Gasteiger charge is -2.08. The molecular formula is C21H17ClN2O4S. The van der Waals surface area contributed by atoms with Crippen molar-refractivity contribution in [2.75, 3.05) is 0 Å². The molecule has 0 aliphatic rings. The van der Waals surface area contributed by atoms with Crippen LogP contribution in [-0.4, -0.2) is 15.3 Å². The molecule has 0 aliphatic heterocycles. The van der Waals surface area contributed by atoms with Gasteiger partial charge in [0.2, 0.25) is 5.89 Å². The number of rotatable bonds is 6. The lowest BCUT2D eigenvalue weighted by molar-refractivity contribution is 0.404. The maximum Gasteiger partial charge on any atom is 0.336 e. The predicted octanol–water partition coefficient (Wildman–Crippen LogP) is 5.17. The van der Waals surface area contributed by atoms with Crippen molar-refractivity contribution in [1.82, 2.24) is 10.2 Å². The molecule has 0 bridgehead atoms. The molecule has 1 unspecified atom stereocenters. The zero-order chi connectivity index (χ0) is 20.4. The summed E-state index contributed by atoms with van der Waals surface area (Å²) in [6, 6.07) is 14.5. The van der Waals surface area contributed by atoms with Gasteiger partial charge in [-0.3, -0.25) is 0 Å². The van der Waals surface area contributed by atoms with Crippen LogP contribution in [0, 0.1) is 0 Å². The monoisotopic (exact) mass is 428 g/mol. The number of hydrogen-bond donors (Lipinski definition) is 1. The van der Waals surface area contributed by atoms with Gasteiger partial charge in [0, 0.05) is 29.7 Å². The molecule has 4 aromatic rings. The van der Waals surface area contributed by atoms with E-state index in [0.717, 1.165) is 0 Å². The highest BCUT2D eigenvalue weighted by atomic mass is 35.5. The average Bonchev–Trinajstić information content (AvgIpc) is 3.15. The Labute approximate surface area is 175 Å². The minimum atomic E-state index is -0.502. The zero-order valence-corrected chi connectivity index (χ0v) is 17.0. The van der Waals surface area contributed by atoms with Gasteiger partial charge in [-0.25, -0.2) is 4.79 Å². The van der Waals surface area contributed by atoms with Gasteiger partial charge in [-0.15, -0.1) is 10.2 Å². The molecule has 0 saturated heterocycles. The topological polar surface area (TPSA) is 89.4 Å². The molecule has 29 heavy (non-hydrogen) atoms. The van der Waals surface area contributed by atoms with Crippen molar-refractivity contribution in [3.63, 3.8) is 0 Å². The lowest BCUT2D eigenvalue weighted by Crippen LogP contribution is -2.00. The van der Waals surface area contributed by atoms with Crippen LogP contribution < -0.4 is 5.63 Å². The molecule has 148 valence electrons. The Bertz CT molecular complexity index is 1210. The van der Waals surface area contributed by atoms with Crippen LogP contribution in [0.1, 0.15) is 29.9 Å². The summed E-state index contributed by atoms with van der Waals surface area (Å²) in [6.45, 7) is 2.11. The molecule has 0 aliphatic carbocycles. The number of fused-ring (bicyclic) bond motifs is 1. The van der Waals surface area contributed by atoms with Gasteiger partial charge in [-0.05, 0) is 23.1 Å². The van der Waals surface area contributed by atoms with E-state index in [1.54, 1.807) is 6.07 Å². The Morgan fingerprint density at radius 1 is 1.14 bits per heavy atom. The number of aromatic hydroxyl groups is 1. The number of nitrogens with zero attached hydrogens (tertiary/aromatic N) is 2. The fourth-order valence-corrected chi connectivity index (χ4v) is 3.97. The van der Waals surface area contributed by atoms with Gasteiger partial charge in [-0.1, -0.05) is 60.6 Å². The second-order valence-corrected chi connectivity index (χ2v) is 7.99. The standard InChI is InChI=1S/C21H17ClN2O4S/c1-12(13-5-3-2-4-6-13)7-19-23-24-21(28-19)29-11-14-8-20(26)27-18-10-17(25)16(22)9-15(14)18/h2-6,8-10,12,25H,7,11H2,1H3. The molecule has 4 rings (SSSR count). The third-order valence-corrected chi connectivity index (χ3v) is 5.72. The minimum Gasteiger partial charge on any atom is -0.506 e. The van der Waals surface area contributed by atoms with Gasteiger partial charge in [0.1, 0.15) is 11.3 Å². The number of aromatic nitrogens is 2. The van der Waals surface area contributed by atoms with Crippen molar-refractivity contribution in [3.05, 3.63) is 81.0 Å². The van der Waals surface area contributed by atoms with Crippen molar-refractivity contribution in [2.24, 2.45) is 0 Å². The number of phenols is 1. The van der Waals surface area contributed by atoms with Crippen LogP contribution in [0.2, 0.25) is 5.02 Å². The Morgan fingerprint density at radius 2 is 1.93 bits per heavy atom. The summed E-state index contributed by atoms with van der Waals surface area (Å²) in [4.78, 5) is 11.8. The quantitative estimate of drug-likeness (QED) is 0.334. The van der Waals surface area contributed by atoms with Crippen LogP contribution in [0.3, 0.4) is 0 Å². The Balaban J connectivity index is 1.49. The van der Waals surface area contributed by atoms with E-state index < -0.39 is 5.63 Å². The van der Waals surface area contributed by atoms with Crippen molar-refractivity contribution >= 4 is 34.3 Å². The van der Waals surface area contributed by atoms with Crippen LogP contribution in [0.15, 0.2) is 67.4 Å². The molecule has 2 heterocycles. The van der Waals surface area contributed by atoms with Gasteiger partial charge in [0.25, 0.3) is 5.22 Å². The third-order valence-electron chi connectivity index (χ3n) is 4.55. The van der Waals surface area contributed by atoms with E-state index in [4.69, 9.17) is 20.4 Å². The van der Waals surface area contributed by atoms with Crippen molar-refractivity contribution in [2.45, 2.75) is 30.2 Å². The highest BCUT2D eigenvalue weighted by Gasteiger charge is 2.14. The van der Waals surface area contributed by atoms with E-state index in [-0.39, 0.29) is 22.3 Å². The van der Waals surface area contributed by atoms with E-state index in [9.17, 15) is 9.90 Å². The Hall–Kier alpha value is -2.77. The maximum atomic E-state index is 11.8. The summed E-state index contributed by atoms with van der Waals surface area (Å²) >= 11 is 7.33. The number of benzene rings is 2. The molecule has 0 saturated carbocycles. The first-order valence-electron chi connectivity index (χ1n) is 8.95. The highest BCUT2D eigenvalue weighted by Crippen LogP contribution is 2.32. The van der Waals surface area contributed by atoms with E-state index in [0.29, 0.717) is 34.2 Å². The average molecular weight is 429 g/mol. The summed E-state index contributed by atoms with van der Waals surface area (Å²) in [7, 11) is 0. The van der Waals surface area contributed by atoms with E-state index in [2.05, 4.69) is 29.3 Å². The van der Waals surface area contributed by atoms with Crippen molar-refractivity contribution in [1.29, 1.82) is 0 Å². The largest absolute Gasteiger partial charge is 0.506 e. The SMILES string of the molecule is CC(Cc1nnc(SCc2cc(=O)oc3cc(O)c(Cl)cc23)o1)c1ccccc1. The molecule has 1 atom stereocenters. The highest BCUT2D eigenvalue weighted by molar-refractivity contribution is 7.98.